The topological polar surface area (TPSA) is 90.9 Å². The Labute approximate surface area is 94.8 Å². The normalized spacial score (nSPS) is 25.8. The number of nitrogens with two attached hydrogens (primary N) is 1. The Hall–Kier alpha value is -0.950. The van der Waals surface area contributed by atoms with Gasteiger partial charge in [0.15, 0.2) is 9.84 Å². The molecule has 2 N–H and O–H groups in total. The van der Waals surface area contributed by atoms with Crippen LogP contribution in [0.3, 0.4) is 0 Å². The van der Waals surface area contributed by atoms with Gasteiger partial charge in [0, 0.05) is 19.5 Å². The van der Waals surface area contributed by atoms with Crippen LogP contribution in [0.4, 0.5) is 0 Å². The zero-order valence-corrected chi connectivity index (χ0v) is 10.0. The van der Waals surface area contributed by atoms with Gasteiger partial charge in [-0.2, -0.15) is 5.10 Å². The fourth-order valence-electron chi connectivity index (χ4n) is 2.04. The maximum atomic E-state index is 11.3. The summed E-state index contributed by atoms with van der Waals surface area (Å²) < 4.78 is 24.3. The lowest BCUT2D eigenvalue weighted by Crippen LogP contribution is -2.34. The van der Waals surface area contributed by atoms with Crippen molar-refractivity contribution in [3.05, 3.63) is 12.2 Å². The van der Waals surface area contributed by atoms with Crippen molar-refractivity contribution < 1.29 is 8.42 Å². The van der Waals surface area contributed by atoms with Gasteiger partial charge < -0.3 is 5.73 Å². The van der Waals surface area contributed by atoms with Gasteiger partial charge in [-0.05, 0) is 12.3 Å². The van der Waals surface area contributed by atoms with E-state index < -0.39 is 9.84 Å². The van der Waals surface area contributed by atoms with E-state index in [0.29, 0.717) is 12.8 Å². The molecule has 1 fully saturated rings. The molecule has 1 aromatic heterocycles. The van der Waals surface area contributed by atoms with Crippen LogP contribution in [0, 0.1) is 5.92 Å². The lowest BCUT2D eigenvalue weighted by atomic mass is 9.97. The average Bonchev–Trinajstić information content (AvgIpc) is 2.74. The highest BCUT2D eigenvalue weighted by Crippen LogP contribution is 2.22. The first-order valence-corrected chi connectivity index (χ1v) is 7.09. The van der Waals surface area contributed by atoms with E-state index in [1.807, 2.05) is 0 Å². The minimum atomic E-state index is -2.85. The van der Waals surface area contributed by atoms with E-state index >= 15 is 0 Å². The molecule has 0 amide bonds. The number of hydrogen-bond donors (Lipinski definition) is 1. The molecule has 2 rings (SSSR count). The van der Waals surface area contributed by atoms with Crippen LogP contribution in [0.5, 0.6) is 0 Å². The van der Waals surface area contributed by atoms with E-state index in [1.54, 1.807) is 11.7 Å². The minimum absolute atomic E-state index is 0.0571. The monoisotopic (exact) mass is 244 g/mol. The number of nitrogens with zero attached hydrogens (tertiary/aromatic N) is 3. The Morgan fingerprint density at radius 2 is 2.44 bits per heavy atom. The summed E-state index contributed by atoms with van der Waals surface area (Å²) in [6, 6.07) is -0.153. The predicted molar refractivity (Wildman–Crippen MR) is 59.4 cm³/mol. The molecule has 0 bridgehead atoms. The molecule has 7 heteroatoms. The van der Waals surface area contributed by atoms with Crippen LogP contribution in [0.25, 0.3) is 0 Å². The van der Waals surface area contributed by atoms with Crippen molar-refractivity contribution in [2.45, 2.75) is 18.9 Å². The Morgan fingerprint density at radius 3 is 2.94 bits per heavy atom. The summed E-state index contributed by atoms with van der Waals surface area (Å²) in [5.41, 5.74) is 6.01. The second kappa shape index (κ2) is 4.14. The number of sulfone groups is 1. The second-order valence-corrected chi connectivity index (χ2v) is 6.56. The van der Waals surface area contributed by atoms with Gasteiger partial charge in [0.05, 0.1) is 11.5 Å². The summed E-state index contributed by atoms with van der Waals surface area (Å²) >= 11 is 0. The van der Waals surface area contributed by atoms with Crippen LogP contribution in [0.1, 0.15) is 12.2 Å². The Morgan fingerprint density at radius 1 is 1.69 bits per heavy atom. The molecule has 0 spiro atoms. The van der Waals surface area contributed by atoms with Gasteiger partial charge >= 0.3 is 0 Å². The first-order chi connectivity index (χ1) is 7.48. The molecule has 1 aromatic rings. The van der Waals surface area contributed by atoms with Crippen LogP contribution in [0.15, 0.2) is 6.33 Å². The van der Waals surface area contributed by atoms with Gasteiger partial charge in [-0.1, -0.05) is 0 Å². The summed E-state index contributed by atoms with van der Waals surface area (Å²) in [6.45, 7) is 0. The third kappa shape index (κ3) is 2.41. The molecule has 0 aliphatic carbocycles. The lowest BCUT2D eigenvalue weighted by molar-refractivity contribution is 0.447. The van der Waals surface area contributed by atoms with E-state index in [9.17, 15) is 8.42 Å². The van der Waals surface area contributed by atoms with E-state index in [1.165, 1.54) is 6.33 Å². The molecule has 16 heavy (non-hydrogen) atoms. The molecular formula is C9H16N4O2S. The van der Waals surface area contributed by atoms with Crippen molar-refractivity contribution in [3.8, 4) is 0 Å². The number of aryl methyl sites for hydroxylation is 1. The van der Waals surface area contributed by atoms with E-state index in [-0.39, 0.29) is 23.5 Å². The Kier molecular flexibility index (Phi) is 2.98. The van der Waals surface area contributed by atoms with Crippen LogP contribution >= 0.6 is 0 Å². The molecular weight excluding hydrogens is 228 g/mol. The zero-order valence-electron chi connectivity index (χ0n) is 9.20. The molecule has 6 nitrogen and oxygen atoms in total. The van der Waals surface area contributed by atoms with Crippen LogP contribution < -0.4 is 5.73 Å². The molecule has 90 valence electrons. The van der Waals surface area contributed by atoms with Crippen LogP contribution in [-0.2, 0) is 23.3 Å². The van der Waals surface area contributed by atoms with Crippen molar-refractivity contribution in [3.63, 3.8) is 0 Å². The van der Waals surface area contributed by atoms with Gasteiger partial charge in [0.1, 0.15) is 12.2 Å². The maximum absolute atomic E-state index is 11.3. The van der Waals surface area contributed by atoms with Gasteiger partial charge in [0.25, 0.3) is 0 Å². The molecule has 0 radical (unpaired) electrons. The quantitative estimate of drug-likeness (QED) is 0.745. The van der Waals surface area contributed by atoms with Crippen LogP contribution in [-0.4, -0.2) is 40.7 Å². The van der Waals surface area contributed by atoms with Gasteiger partial charge in [0.2, 0.25) is 0 Å². The third-order valence-corrected chi connectivity index (χ3v) is 4.89. The first-order valence-electron chi connectivity index (χ1n) is 5.27. The highest BCUT2D eigenvalue weighted by Gasteiger charge is 2.32. The van der Waals surface area contributed by atoms with Crippen molar-refractivity contribution >= 4 is 9.84 Å². The van der Waals surface area contributed by atoms with Crippen molar-refractivity contribution in [2.75, 3.05) is 11.5 Å². The summed E-state index contributed by atoms with van der Waals surface area (Å²) in [7, 11) is -1.05. The standard InChI is InChI=1S/C9H16N4O2S/c1-13-9(11-6-12-13)4-8(10)7-2-3-16(14,15)5-7/h6-8H,2-5,10H2,1H3. The van der Waals surface area contributed by atoms with Gasteiger partial charge in [-0.15, -0.1) is 0 Å². The molecule has 1 aliphatic rings. The summed E-state index contributed by atoms with van der Waals surface area (Å²) in [5, 5.41) is 3.96. The highest BCUT2D eigenvalue weighted by molar-refractivity contribution is 7.91. The van der Waals surface area contributed by atoms with E-state index in [0.717, 1.165) is 5.82 Å². The SMILES string of the molecule is Cn1ncnc1CC(N)C1CCS(=O)(=O)C1. The third-order valence-electron chi connectivity index (χ3n) is 3.10. The van der Waals surface area contributed by atoms with Crippen molar-refractivity contribution in [2.24, 2.45) is 18.7 Å². The van der Waals surface area contributed by atoms with Crippen molar-refractivity contribution in [1.29, 1.82) is 0 Å². The predicted octanol–water partition coefficient (Wildman–Crippen LogP) is -0.880. The number of aromatic nitrogens is 3. The first kappa shape index (κ1) is 11.5. The highest BCUT2D eigenvalue weighted by atomic mass is 32.2. The van der Waals surface area contributed by atoms with Crippen molar-refractivity contribution in [1.82, 2.24) is 14.8 Å². The van der Waals surface area contributed by atoms with E-state index in [4.69, 9.17) is 5.73 Å². The minimum Gasteiger partial charge on any atom is -0.327 e. The summed E-state index contributed by atoms with van der Waals surface area (Å²) in [6.07, 6.45) is 2.73. The summed E-state index contributed by atoms with van der Waals surface area (Å²) in [5.74, 6) is 1.34. The molecule has 1 saturated heterocycles. The smallest absolute Gasteiger partial charge is 0.150 e. The molecule has 2 unspecified atom stereocenters. The van der Waals surface area contributed by atoms with Gasteiger partial charge in [-0.3, -0.25) is 4.68 Å². The molecule has 2 heterocycles. The average molecular weight is 244 g/mol. The maximum Gasteiger partial charge on any atom is 0.150 e. The second-order valence-electron chi connectivity index (χ2n) is 4.33. The molecule has 1 aliphatic heterocycles. The van der Waals surface area contributed by atoms with Gasteiger partial charge in [-0.25, -0.2) is 13.4 Å². The fraction of sp³-hybridized carbons (Fsp3) is 0.778. The largest absolute Gasteiger partial charge is 0.327 e. The van der Waals surface area contributed by atoms with Crippen LogP contribution in [0.2, 0.25) is 0 Å². The lowest BCUT2D eigenvalue weighted by Gasteiger charge is -2.16. The molecule has 2 atom stereocenters. The number of hydrogen-bond acceptors (Lipinski definition) is 5. The summed E-state index contributed by atoms with van der Waals surface area (Å²) in [4.78, 5) is 4.09. The molecule has 0 aromatic carbocycles. The zero-order chi connectivity index (χ0) is 11.8. The van der Waals surface area contributed by atoms with E-state index in [2.05, 4.69) is 10.1 Å². The Balaban J connectivity index is 2.00. The number of rotatable bonds is 3. The Bertz CT molecular complexity index is 468. The molecule has 0 saturated carbocycles. The fourth-order valence-corrected chi connectivity index (χ4v) is 3.94.